The predicted molar refractivity (Wildman–Crippen MR) is 93.4 cm³/mol. The Morgan fingerprint density at radius 2 is 1.87 bits per heavy atom. The first-order valence-electron chi connectivity index (χ1n) is 7.96. The van der Waals surface area contributed by atoms with E-state index < -0.39 is 0 Å². The molecule has 1 aromatic rings. The Hall–Kier alpha value is -1.94. The average Bonchev–Trinajstić information content (AvgIpc) is 2.47. The van der Waals surface area contributed by atoms with Gasteiger partial charge in [-0.05, 0) is 50.6 Å². The Kier molecular flexibility index (Phi) is 5.05. The van der Waals surface area contributed by atoms with E-state index in [0.717, 1.165) is 16.7 Å². The first-order valence-corrected chi connectivity index (χ1v) is 7.96. The number of ketones is 1. The van der Waals surface area contributed by atoms with Crippen LogP contribution in [-0.2, 0) is 16.0 Å². The van der Waals surface area contributed by atoms with Crippen LogP contribution in [0.4, 0.5) is 0 Å². The molecule has 4 heteroatoms. The standard InChI is InChI=1S/C19H26N2O2/c1-12-7-13(2)17-10-18(22)16(9-15(17)8-12)11-21(6)14(3)19(23)20(4)5/h7-9,14H,10-11H2,1-6H3. The number of fused-ring (bicyclic) bond motifs is 1. The minimum absolute atomic E-state index is 0.0449. The molecule has 0 spiro atoms. The smallest absolute Gasteiger partial charge is 0.239 e. The van der Waals surface area contributed by atoms with Gasteiger partial charge >= 0.3 is 0 Å². The molecule has 1 atom stereocenters. The third-order valence-corrected chi connectivity index (χ3v) is 4.56. The third-order valence-electron chi connectivity index (χ3n) is 4.56. The summed E-state index contributed by atoms with van der Waals surface area (Å²) in [4.78, 5) is 28.1. The number of rotatable bonds is 4. The summed E-state index contributed by atoms with van der Waals surface area (Å²) in [5.74, 6) is 0.198. The van der Waals surface area contributed by atoms with Crippen LogP contribution < -0.4 is 0 Å². The van der Waals surface area contributed by atoms with Crippen LogP contribution in [0.5, 0.6) is 0 Å². The number of likely N-dealkylation sites (N-methyl/N-ethyl adjacent to an activating group) is 2. The normalized spacial score (nSPS) is 15.3. The summed E-state index contributed by atoms with van der Waals surface area (Å²) in [5, 5.41) is 0. The lowest BCUT2D eigenvalue weighted by Gasteiger charge is -2.28. The monoisotopic (exact) mass is 314 g/mol. The molecule has 1 aromatic carbocycles. The van der Waals surface area contributed by atoms with Crippen molar-refractivity contribution >= 4 is 17.8 Å². The molecule has 1 aliphatic carbocycles. The highest BCUT2D eigenvalue weighted by Gasteiger charge is 2.25. The quantitative estimate of drug-likeness (QED) is 0.855. The van der Waals surface area contributed by atoms with Crippen LogP contribution >= 0.6 is 0 Å². The number of carbonyl (C=O) groups is 2. The summed E-state index contributed by atoms with van der Waals surface area (Å²) < 4.78 is 0. The van der Waals surface area contributed by atoms with Gasteiger partial charge in [-0.25, -0.2) is 0 Å². The predicted octanol–water partition coefficient (Wildman–Crippen LogP) is 2.22. The van der Waals surface area contributed by atoms with Crippen molar-refractivity contribution in [1.29, 1.82) is 0 Å². The second-order valence-electron chi connectivity index (χ2n) is 6.74. The van der Waals surface area contributed by atoms with Crippen molar-refractivity contribution in [3.05, 3.63) is 40.0 Å². The number of aryl methyl sites for hydroxylation is 2. The second-order valence-corrected chi connectivity index (χ2v) is 6.74. The van der Waals surface area contributed by atoms with Crippen LogP contribution in [0.15, 0.2) is 17.7 Å². The van der Waals surface area contributed by atoms with Gasteiger partial charge in [-0.1, -0.05) is 17.7 Å². The van der Waals surface area contributed by atoms with Crippen LogP contribution in [0.2, 0.25) is 0 Å². The first kappa shape index (κ1) is 17.4. The molecular formula is C19H26N2O2. The number of amides is 1. The van der Waals surface area contributed by atoms with E-state index in [0.29, 0.717) is 13.0 Å². The highest BCUT2D eigenvalue weighted by molar-refractivity contribution is 6.04. The summed E-state index contributed by atoms with van der Waals surface area (Å²) in [6.07, 6.45) is 2.45. The molecule has 0 saturated carbocycles. The zero-order chi connectivity index (χ0) is 17.3. The van der Waals surface area contributed by atoms with Gasteiger partial charge < -0.3 is 4.90 Å². The number of hydrogen-bond donors (Lipinski definition) is 0. The van der Waals surface area contributed by atoms with Gasteiger partial charge in [0.05, 0.1) is 6.04 Å². The maximum atomic E-state index is 12.5. The van der Waals surface area contributed by atoms with E-state index in [1.54, 1.807) is 19.0 Å². The SMILES string of the molecule is Cc1cc(C)c2c(c1)C=C(CN(C)C(C)C(=O)N(C)C)C(=O)C2. The van der Waals surface area contributed by atoms with Crippen LogP contribution in [0.1, 0.15) is 29.2 Å². The highest BCUT2D eigenvalue weighted by atomic mass is 16.2. The van der Waals surface area contributed by atoms with E-state index >= 15 is 0 Å². The molecule has 0 aromatic heterocycles. The molecular weight excluding hydrogens is 288 g/mol. The van der Waals surface area contributed by atoms with E-state index in [1.165, 1.54) is 11.1 Å². The lowest BCUT2D eigenvalue weighted by molar-refractivity contribution is -0.133. The molecule has 0 bridgehead atoms. The van der Waals surface area contributed by atoms with Gasteiger partial charge in [-0.2, -0.15) is 0 Å². The Bertz CT molecular complexity index is 674. The Morgan fingerprint density at radius 3 is 2.48 bits per heavy atom. The summed E-state index contributed by atoms with van der Waals surface area (Å²) in [7, 11) is 5.39. The molecule has 0 fully saturated rings. The van der Waals surface area contributed by atoms with E-state index in [-0.39, 0.29) is 17.7 Å². The zero-order valence-corrected chi connectivity index (χ0v) is 14.9. The Labute approximate surface area is 138 Å². The van der Waals surface area contributed by atoms with Crippen LogP contribution in [0.3, 0.4) is 0 Å². The number of nitrogens with zero attached hydrogens (tertiary/aromatic N) is 2. The molecule has 0 saturated heterocycles. The summed E-state index contributed by atoms with van der Waals surface area (Å²) in [6, 6.07) is 4.00. The molecule has 0 N–H and O–H groups in total. The lowest BCUT2D eigenvalue weighted by Crippen LogP contribution is -2.44. The molecule has 2 rings (SSSR count). The maximum Gasteiger partial charge on any atom is 0.239 e. The molecule has 0 radical (unpaired) electrons. The van der Waals surface area contributed by atoms with Crippen LogP contribution in [-0.4, -0.2) is 55.2 Å². The number of benzene rings is 1. The molecule has 0 aliphatic heterocycles. The molecule has 124 valence electrons. The molecule has 1 aliphatic rings. The topological polar surface area (TPSA) is 40.6 Å². The first-order chi connectivity index (χ1) is 10.7. The van der Waals surface area contributed by atoms with Gasteiger partial charge in [-0.15, -0.1) is 0 Å². The largest absolute Gasteiger partial charge is 0.347 e. The maximum absolute atomic E-state index is 12.5. The van der Waals surface area contributed by atoms with E-state index in [4.69, 9.17) is 0 Å². The van der Waals surface area contributed by atoms with E-state index in [9.17, 15) is 9.59 Å². The molecule has 23 heavy (non-hydrogen) atoms. The van der Waals surface area contributed by atoms with Crippen molar-refractivity contribution in [2.45, 2.75) is 33.2 Å². The Morgan fingerprint density at radius 1 is 1.22 bits per heavy atom. The fraction of sp³-hybridized carbons (Fsp3) is 0.474. The highest BCUT2D eigenvalue weighted by Crippen LogP contribution is 2.26. The van der Waals surface area contributed by atoms with Gasteiger partial charge in [0.15, 0.2) is 5.78 Å². The molecule has 1 amide bonds. The molecule has 1 unspecified atom stereocenters. The van der Waals surface area contributed by atoms with E-state index in [2.05, 4.69) is 26.0 Å². The molecule has 4 nitrogen and oxygen atoms in total. The number of carbonyl (C=O) groups excluding carboxylic acids is 2. The van der Waals surface area contributed by atoms with Crippen molar-refractivity contribution in [2.75, 3.05) is 27.7 Å². The van der Waals surface area contributed by atoms with Gasteiger partial charge in [0.1, 0.15) is 0 Å². The van der Waals surface area contributed by atoms with Gasteiger partial charge in [0.25, 0.3) is 0 Å². The van der Waals surface area contributed by atoms with Crippen LogP contribution in [0, 0.1) is 13.8 Å². The lowest BCUT2D eigenvalue weighted by atomic mass is 9.87. The van der Waals surface area contributed by atoms with Crippen molar-refractivity contribution in [2.24, 2.45) is 0 Å². The summed E-state index contributed by atoms with van der Waals surface area (Å²) in [5.41, 5.74) is 5.42. The van der Waals surface area contributed by atoms with Gasteiger partial charge in [-0.3, -0.25) is 14.5 Å². The summed E-state index contributed by atoms with van der Waals surface area (Å²) in [6.45, 7) is 6.49. The van der Waals surface area contributed by atoms with E-state index in [1.807, 2.05) is 24.9 Å². The van der Waals surface area contributed by atoms with Gasteiger partial charge in [0.2, 0.25) is 5.91 Å². The Balaban J connectivity index is 2.24. The second kappa shape index (κ2) is 6.67. The average molecular weight is 314 g/mol. The van der Waals surface area contributed by atoms with Gasteiger partial charge in [0, 0.05) is 32.6 Å². The fourth-order valence-corrected chi connectivity index (χ4v) is 3.04. The third kappa shape index (κ3) is 3.70. The van der Waals surface area contributed by atoms with Crippen molar-refractivity contribution < 1.29 is 9.59 Å². The fourth-order valence-electron chi connectivity index (χ4n) is 3.04. The molecule has 0 heterocycles. The number of hydrogen-bond acceptors (Lipinski definition) is 3. The number of Topliss-reactive ketones (excluding diaryl/α,β-unsaturated/α-hetero) is 1. The van der Waals surface area contributed by atoms with Crippen molar-refractivity contribution in [3.63, 3.8) is 0 Å². The van der Waals surface area contributed by atoms with Crippen LogP contribution in [0.25, 0.3) is 6.08 Å². The van der Waals surface area contributed by atoms with Crippen molar-refractivity contribution in [1.82, 2.24) is 9.80 Å². The summed E-state index contributed by atoms with van der Waals surface area (Å²) >= 11 is 0. The van der Waals surface area contributed by atoms with Crippen molar-refractivity contribution in [3.8, 4) is 0 Å². The zero-order valence-electron chi connectivity index (χ0n) is 14.9. The minimum atomic E-state index is -0.251. The minimum Gasteiger partial charge on any atom is -0.347 e.